The summed E-state index contributed by atoms with van der Waals surface area (Å²) in [5, 5.41) is 0. The number of carbonyl (C=O) groups excluding carboxylic acids is 2. The quantitative estimate of drug-likeness (QED) is 0.616. The second kappa shape index (κ2) is 6.10. The number of rotatable bonds is 3. The lowest BCUT2D eigenvalue weighted by atomic mass is 10.1. The van der Waals surface area contributed by atoms with Crippen LogP contribution in [0.1, 0.15) is 43.0 Å². The number of ether oxygens (including phenoxy) is 2. The molecule has 0 bridgehead atoms. The van der Waals surface area contributed by atoms with E-state index in [2.05, 4.69) is 19.5 Å². The molecule has 0 amide bonds. The van der Waals surface area contributed by atoms with Gasteiger partial charge in [0, 0.05) is 0 Å². The summed E-state index contributed by atoms with van der Waals surface area (Å²) in [6, 6.07) is -1.20. The average Bonchev–Trinajstić information content (AvgIpc) is 2.37. The number of aromatic nitrogens is 2. The van der Waals surface area contributed by atoms with E-state index in [-0.39, 0.29) is 11.4 Å². The van der Waals surface area contributed by atoms with E-state index >= 15 is 0 Å². The van der Waals surface area contributed by atoms with Crippen molar-refractivity contribution in [3.05, 3.63) is 35.2 Å². The third kappa shape index (κ3) is 4.02. The maximum Gasteiger partial charge on any atom is 0.397 e. The zero-order chi connectivity index (χ0) is 15.3. The standard InChI is InChI=1S/C13H15N3O4/c1-13(2,3)20-12(18)10(14-4)8-6-16-9(7-15-8)11(17)19-5/h6-7,10H,1-3,5H3. The van der Waals surface area contributed by atoms with E-state index in [1.54, 1.807) is 20.8 Å². The molecule has 0 saturated heterocycles. The number of methoxy groups -OCH3 is 1. The number of esters is 2. The van der Waals surface area contributed by atoms with Gasteiger partial charge in [0.15, 0.2) is 11.4 Å². The highest BCUT2D eigenvalue weighted by molar-refractivity contribution is 5.86. The van der Waals surface area contributed by atoms with Crippen molar-refractivity contribution in [2.45, 2.75) is 32.4 Å². The van der Waals surface area contributed by atoms with Crippen molar-refractivity contribution in [3.63, 3.8) is 0 Å². The van der Waals surface area contributed by atoms with E-state index in [9.17, 15) is 9.59 Å². The van der Waals surface area contributed by atoms with Crippen molar-refractivity contribution in [2.75, 3.05) is 7.11 Å². The molecule has 1 aromatic heterocycles. The minimum absolute atomic E-state index is 0.00386. The predicted octanol–water partition coefficient (Wildman–Crippen LogP) is 1.57. The van der Waals surface area contributed by atoms with Crippen LogP contribution in [0, 0.1) is 6.57 Å². The Morgan fingerprint density at radius 2 is 1.95 bits per heavy atom. The number of hydrogen-bond donors (Lipinski definition) is 0. The first-order valence-electron chi connectivity index (χ1n) is 5.78. The highest BCUT2D eigenvalue weighted by Crippen LogP contribution is 2.20. The largest absolute Gasteiger partial charge is 0.464 e. The van der Waals surface area contributed by atoms with Crippen molar-refractivity contribution in [1.82, 2.24) is 9.97 Å². The van der Waals surface area contributed by atoms with E-state index in [1.807, 2.05) is 0 Å². The summed E-state index contributed by atoms with van der Waals surface area (Å²) in [5.41, 5.74) is -0.564. The maximum absolute atomic E-state index is 11.9. The second-order valence-corrected chi connectivity index (χ2v) is 4.88. The van der Waals surface area contributed by atoms with Crippen LogP contribution in [0.25, 0.3) is 4.85 Å². The zero-order valence-corrected chi connectivity index (χ0v) is 11.7. The number of nitrogens with zero attached hydrogens (tertiary/aromatic N) is 3. The van der Waals surface area contributed by atoms with Gasteiger partial charge in [-0.1, -0.05) is 0 Å². The molecule has 0 radical (unpaired) electrons. The molecule has 0 aliphatic carbocycles. The molecule has 1 aromatic rings. The van der Waals surface area contributed by atoms with E-state index in [0.29, 0.717) is 0 Å². The van der Waals surface area contributed by atoms with Crippen LogP contribution in [0.4, 0.5) is 0 Å². The van der Waals surface area contributed by atoms with Gasteiger partial charge in [-0.3, -0.25) is 4.85 Å². The maximum atomic E-state index is 11.9. The summed E-state index contributed by atoms with van der Waals surface area (Å²) in [4.78, 5) is 34.0. The number of hydrogen-bond acceptors (Lipinski definition) is 6. The molecular weight excluding hydrogens is 262 g/mol. The fourth-order valence-corrected chi connectivity index (χ4v) is 1.29. The van der Waals surface area contributed by atoms with Gasteiger partial charge < -0.3 is 9.47 Å². The third-order valence-corrected chi connectivity index (χ3v) is 2.11. The van der Waals surface area contributed by atoms with Gasteiger partial charge in [-0.15, -0.1) is 0 Å². The molecule has 7 heteroatoms. The molecule has 0 aliphatic heterocycles. The van der Waals surface area contributed by atoms with Crippen molar-refractivity contribution >= 4 is 11.9 Å². The van der Waals surface area contributed by atoms with Crippen molar-refractivity contribution in [3.8, 4) is 0 Å². The Labute approximate surface area is 116 Å². The molecule has 1 atom stereocenters. The molecule has 0 saturated carbocycles. The molecule has 1 unspecified atom stereocenters. The Bertz CT molecular complexity index is 540. The molecule has 1 rings (SSSR count). The number of carbonyl (C=O) groups is 2. The average molecular weight is 277 g/mol. The lowest BCUT2D eigenvalue weighted by molar-refractivity contribution is -0.155. The Morgan fingerprint density at radius 3 is 2.35 bits per heavy atom. The smallest absolute Gasteiger partial charge is 0.397 e. The molecule has 0 aliphatic rings. The highest BCUT2D eigenvalue weighted by atomic mass is 16.6. The molecule has 0 aromatic carbocycles. The van der Waals surface area contributed by atoms with Gasteiger partial charge in [-0.05, 0) is 20.8 Å². The Kier molecular flexibility index (Phi) is 4.75. The normalized spacial score (nSPS) is 12.2. The minimum atomic E-state index is -1.20. The molecular formula is C13H15N3O4. The van der Waals surface area contributed by atoms with Crippen LogP contribution in [0.3, 0.4) is 0 Å². The highest BCUT2D eigenvalue weighted by Gasteiger charge is 2.33. The van der Waals surface area contributed by atoms with Gasteiger partial charge in [0.05, 0.1) is 19.5 Å². The van der Waals surface area contributed by atoms with Crippen LogP contribution in [0.15, 0.2) is 12.4 Å². The van der Waals surface area contributed by atoms with E-state index in [4.69, 9.17) is 11.3 Å². The molecule has 1 heterocycles. The van der Waals surface area contributed by atoms with E-state index in [1.165, 1.54) is 13.3 Å². The molecule has 106 valence electrons. The summed E-state index contributed by atoms with van der Waals surface area (Å²) in [5.74, 6) is -1.34. The summed E-state index contributed by atoms with van der Waals surface area (Å²) in [6.07, 6.45) is 2.35. The van der Waals surface area contributed by atoms with Gasteiger partial charge in [-0.2, -0.15) is 0 Å². The summed E-state index contributed by atoms with van der Waals surface area (Å²) in [7, 11) is 1.22. The van der Waals surface area contributed by atoms with Crippen LogP contribution < -0.4 is 0 Å². The summed E-state index contributed by atoms with van der Waals surface area (Å²) in [6.45, 7) is 12.2. The van der Waals surface area contributed by atoms with Crippen molar-refractivity contribution in [2.24, 2.45) is 0 Å². The van der Waals surface area contributed by atoms with Gasteiger partial charge in [-0.25, -0.2) is 26.1 Å². The molecule has 20 heavy (non-hydrogen) atoms. The van der Waals surface area contributed by atoms with E-state index in [0.717, 1.165) is 6.20 Å². The van der Waals surface area contributed by atoms with Crippen molar-refractivity contribution < 1.29 is 19.1 Å². The Morgan fingerprint density at radius 1 is 1.30 bits per heavy atom. The van der Waals surface area contributed by atoms with Crippen LogP contribution in [0.5, 0.6) is 0 Å². The minimum Gasteiger partial charge on any atom is -0.464 e. The first-order chi connectivity index (χ1) is 9.28. The summed E-state index contributed by atoms with van der Waals surface area (Å²) >= 11 is 0. The third-order valence-electron chi connectivity index (χ3n) is 2.11. The second-order valence-electron chi connectivity index (χ2n) is 4.88. The van der Waals surface area contributed by atoms with Crippen LogP contribution in [-0.4, -0.2) is 34.6 Å². The summed E-state index contributed by atoms with van der Waals surface area (Å²) < 4.78 is 9.61. The van der Waals surface area contributed by atoms with Gasteiger partial charge in [0.25, 0.3) is 0 Å². The van der Waals surface area contributed by atoms with Crippen LogP contribution in [0.2, 0.25) is 0 Å². The molecule has 7 nitrogen and oxygen atoms in total. The lowest BCUT2D eigenvalue weighted by Crippen LogP contribution is -2.27. The molecule has 0 fully saturated rings. The monoisotopic (exact) mass is 277 g/mol. The lowest BCUT2D eigenvalue weighted by Gasteiger charge is -2.19. The zero-order valence-electron chi connectivity index (χ0n) is 11.7. The Hall–Kier alpha value is -2.49. The molecule has 0 spiro atoms. The predicted molar refractivity (Wildman–Crippen MR) is 68.6 cm³/mol. The van der Waals surface area contributed by atoms with Crippen LogP contribution in [-0.2, 0) is 14.3 Å². The SMILES string of the molecule is [C-]#[N+]C(C(=O)OC(C)(C)C)c1cnc(C(=O)OC)cn1. The molecule has 0 N–H and O–H groups in total. The van der Waals surface area contributed by atoms with Gasteiger partial charge in [0.2, 0.25) is 0 Å². The van der Waals surface area contributed by atoms with Gasteiger partial charge >= 0.3 is 18.0 Å². The Balaban J connectivity index is 2.94. The van der Waals surface area contributed by atoms with Crippen LogP contribution >= 0.6 is 0 Å². The van der Waals surface area contributed by atoms with E-state index < -0.39 is 23.6 Å². The van der Waals surface area contributed by atoms with Crippen molar-refractivity contribution in [1.29, 1.82) is 0 Å². The fourth-order valence-electron chi connectivity index (χ4n) is 1.29. The first kappa shape index (κ1) is 15.6. The first-order valence-corrected chi connectivity index (χ1v) is 5.78. The van der Waals surface area contributed by atoms with Gasteiger partial charge in [0.1, 0.15) is 5.60 Å². The topological polar surface area (TPSA) is 82.7 Å². The fraction of sp³-hybridized carbons (Fsp3) is 0.462.